The number of aromatic nitrogens is 1. The number of hydrogen-bond acceptors (Lipinski definition) is 9. The van der Waals surface area contributed by atoms with Gasteiger partial charge >= 0.3 is 11.9 Å². The fraction of sp³-hybridized carbons (Fsp3) is 0.391. The van der Waals surface area contributed by atoms with Crippen LogP contribution in [0.3, 0.4) is 0 Å². The summed E-state index contributed by atoms with van der Waals surface area (Å²) in [5.41, 5.74) is 0.933. The lowest BCUT2D eigenvalue weighted by Gasteiger charge is -2.29. The normalized spacial score (nSPS) is 22.3. The number of amidine groups is 1. The Kier molecular flexibility index (Phi) is 8.29. The molecule has 13 heteroatoms. The van der Waals surface area contributed by atoms with Crippen molar-refractivity contribution in [3.05, 3.63) is 62.5 Å². The summed E-state index contributed by atoms with van der Waals surface area (Å²) in [6.07, 6.45) is -0.729. The van der Waals surface area contributed by atoms with E-state index in [-0.39, 0.29) is 36.8 Å². The first-order chi connectivity index (χ1) is 17.3. The first-order valence-corrected chi connectivity index (χ1v) is 12.3. The van der Waals surface area contributed by atoms with E-state index in [1.165, 1.54) is 23.5 Å². The van der Waals surface area contributed by atoms with Crippen molar-refractivity contribution >= 4 is 40.7 Å². The molecule has 0 spiro atoms. The van der Waals surface area contributed by atoms with E-state index in [4.69, 9.17) is 26.2 Å². The Bertz CT molecular complexity index is 1190. The van der Waals surface area contributed by atoms with Gasteiger partial charge in [-0.3, -0.25) is 9.89 Å². The molecule has 36 heavy (non-hydrogen) atoms. The first-order valence-electron chi connectivity index (χ1n) is 11.1. The number of carboxylic acids is 1. The molecule has 9 nitrogen and oxygen atoms in total. The van der Waals surface area contributed by atoms with Crippen LogP contribution in [0.2, 0.25) is 5.02 Å². The van der Waals surface area contributed by atoms with Gasteiger partial charge in [-0.15, -0.1) is 11.3 Å². The van der Waals surface area contributed by atoms with Crippen LogP contribution in [0.15, 0.2) is 46.0 Å². The molecular weight excluding hydrogens is 518 g/mol. The van der Waals surface area contributed by atoms with Crippen LogP contribution in [-0.2, 0) is 19.1 Å². The highest BCUT2D eigenvalue weighted by Crippen LogP contribution is 2.37. The summed E-state index contributed by atoms with van der Waals surface area (Å²) >= 11 is 7.68. The molecular formula is C23H23ClF2N4O5S. The van der Waals surface area contributed by atoms with Crippen LogP contribution >= 0.6 is 22.9 Å². The molecule has 1 fully saturated rings. The number of ether oxygens (including phenoxy) is 2. The molecule has 2 aliphatic rings. The van der Waals surface area contributed by atoms with Gasteiger partial charge in [0.05, 0.1) is 12.2 Å². The van der Waals surface area contributed by atoms with Crippen LogP contribution < -0.4 is 5.32 Å². The molecule has 2 unspecified atom stereocenters. The molecule has 4 rings (SSSR count). The lowest BCUT2D eigenvalue weighted by atomic mass is 9.95. The maximum Gasteiger partial charge on any atom is 0.338 e. The highest BCUT2D eigenvalue weighted by Gasteiger charge is 2.38. The van der Waals surface area contributed by atoms with Gasteiger partial charge in [0.25, 0.3) is 0 Å². The van der Waals surface area contributed by atoms with Crippen molar-refractivity contribution in [2.75, 3.05) is 32.8 Å². The average Bonchev–Trinajstić information content (AvgIpc) is 3.47. The largest absolute Gasteiger partial charge is 0.480 e. The molecule has 3 heterocycles. The zero-order chi connectivity index (χ0) is 25.8. The molecule has 0 bridgehead atoms. The van der Waals surface area contributed by atoms with Gasteiger partial charge in [0.1, 0.15) is 30.7 Å². The van der Waals surface area contributed by atoms with Gasteiger partial charge in [-0.05, 0) is 19.1 Å². The number of rotatable bonds is 9. The van der Waals surface area contributed by atoms with E-state index in [0.29, 0.717) is 22.1 Å². The minimum absolute atomic E-state index is 0.0305. The van der Waals surface area contributed by atoms with E-state index >= 15 is 0 Å². The fourth-order valence-electron chi connectivity index (χ4n) is 4.06. The second kappa shape index (κ2) is 11.4. The first kappa shape index (κ1) is 26.1. The summed E-state index contributed by atoms with van der Waals surface area (Å²) < 4.78 is 38.9. The Balaban J connectivity index is 1.72. The molecule has 192 valence electrons. The van der Waals surface area contributed by atoms with E-state index in [0.717, 1.165) is 6.07 Å². The number of nitrogens with one attached hydrogen (secondary N) is 1. The highest BCUT2D eigenvalue weighted by molar-refractivity contribution is 7.11. The Morgan fingerprint density at radius 2 is 2.17 bits per heavy atom. The number of carboxylic acid groups (broad SMARTS) is 1. The van der Waals surface area contributed by atoms with Crippen LogP contribution in [0, 0.1) is 5.82 Å². The standard InChI is InChI=1S/C23H23ClF2N4O5S/c1-2-34-23(33)19-16(9-30-8-15(26)17(10-30)35-11-18(31)32)28-21(22-27-5-6-36-22)29-20(19)13-4-3-12(25)7-14(13)24/h3-7,15,17,20H,2,8-11H2,1H3,(H,28,29)(H,31,32)/t15?,17?,20-/m0/s1. The molecule has 0 amide bonds. The number of likely N-dealkylation sites (tertiary alicyclic amines) is 1. The number of benzene rings is 1. The summed E-state index contributed by atoms with van der Waals surface area (Å²) in [6, 6.07) is 2.88. The molecule has 0 radical (unpaired) electrons. The van der Waals surface area contributed by atoms with Crippen molar-refractivity contribution in [2.24, 2.45) is 4.99 Å². The number of nitrogens with zero attached hydrogens (tertiary/aromatic N) is 3. The molecule has 2 aliphatic heterocycles. The summed E-state index contributed by atoms with van der Waals surface area (Å²) in [5.74, 6) is -2.01. The van der Waals surface area contributed by atoms with Crippen molar-refractivity contribution in [3.8, 4) is 0 Å². The molecule has 2 N–H and O–H groups in total. The molecule has 3 atom stereocenters. The van der Waals surface area contributed by atoms with Crippen LogP contribution in [0.4, 0.5) is 8.78 Å². The quantitative estimate of drug-likeness (QED) is 0.467. The van der Waals surface area contributed by atoms with Crippen LogP contribution in [0.25, 0.3) is 0 Å². The average molecular weight is 541 g/mol. The molecule has 0 saturated carbocycles. The van der Waals surface area contributed by atoms with Gasteiger partial charge in [0, 0.05) is 47.5 Å². The third-order valence-corrected chi connectivity index (χ3v) is 6.70. The predicted molar refractivity (Wildman–Crippen MR) is 128 cm³/mol. The van der Waals surface area contributed by atoms with Gasteiger partial charge in [-0.2, -0.15) is 0 Å². The van der Waals surface area contributed by atoms with Crippen molar-refractivity contribution in [1.82, 2.24) is 15.2 Å². The van der Waals surface area contributed by atoms with Crippen LogP contribution in [0.1, 0.15) is 23.5 Å². The van der Waals surface area contributed by atoms with E-state index in [9.17, 15) is 18.4 Å². The van der Waals surface area contributed by atoms with Gasteiger partial charge in [-0.25, -0.2) is 23.4 Å². The van der Waals surface area contributed by atoms with E-state index < -0.39 is 42.7 Å². The highest BCUT2D eigenvalue weighted by atomic mass is 35.5. The van der Waals surface area contributed by atoms with Crippen molar-refractivity contribution in [2.45, 2.75) is 25.2 Å². The Labute approximate surface area is 214 Å². The van der Waals surface area contributed by atoms with Crippen molar-refractivity contribution in [3.63, 3.8) is 0 Å². The minimum atomic E-state index is -1.41. The van der Waals surface area contributed by atoms with Gasteiger partial charge in [0.2, 0.25) is 0 Å². The summed E-state index contributed by atoms with van der Waals surface area (Å²) in [5, 5.41) is 14.4. The van der Waals surface area contributed by atoms with Gasteiger partial charge in [-0.1, -0.05) is 17.7 Å². The fourth-order valence-corrected chi connectivity index (χ4v) is 4.92. The van der Waals surface area contributed by atoms with Crippen LogP contribution in [0.5, 0.6) is 0 Å². The van der Waals surface area contributed by atoms with Gasteiger partial charge in [0.15, 0.2) is 10.8 Å². The van der Waals surface area contributed by atoms with Gasteiger partial charge < -0.3 is 19.9 Å². The number of aliphatic imine (C=N–C) groups is 1. The zero-order valence-electron chi connectivity index (χ0n) is 19.1. The predicted octanol–water partition coefficient (Wildman–Crippen LogP) is 2.97. The molecule has 1 aromatic heterocycles. The Morgan fingerprint density at radius 3 is 2.83 bits per heavy atom. The summed E-state index contributed by atoms with van der Waals surface area (Å²) in [7, 11) is 0. The summed E-state index contributed by atoms with van der Waals surface area (Å²) in [4.78, 5) is 34.6. The lowest BCUT2D eigenvalue weighted by molar-refractivity contribution is -0.145. The molecule has 0 aliphatic carbocycles. The van der Waals surface area contributed by atoms with Crippen LogP contribution in [-0.4, -0.2) is 77.9 Å². The zero-order valence-corrected chi connectivity index (χ0v) is 20.7. The van der Waals surface area contributed by atoms with E-state index in [2.05, 4.69) is 15.3 Å². The monoisotopic (exact) mass is 540 g/mol. The third kappa shape index (κ3) is 5.89. The number of halogens is 3. The molecule has 1 saturated heterocycles. The maximum absolute atomic E-state index is 14.6. The second-order valence-corrected chi connectivity index (χ2v) is 9.38. The van der Waals surface area contributed by atoms with E-state index in [1.807, 2.05) is 0 Å². The lowest BCUT2D eigenvalue weighted by Crippen LogP contribution is -2.39. The number of alkyl halides is 1. The number of esters is 1. The maximum atomic E-state index is 14.6. The molecule has 1 aromatic carbocycles. The third-order valence-electron chi connectivity index (χ3n) is 5.59. The SMILES string of the molecule is CCOC(=O)C1=C(CN2CC(F)C(OCC(=O)O)C2)NC(c2nccs2)=N[C@H]1c1ccc(F)cc1Cl. The number of thiazole rings is 1. The smallest absolute Gasteiger partial charge is 0.338 e. The Morgan fingerprint density at radius 1 is 1.36 bits per heavy atom. The topological polar surface area (TPSA) is 113 Å². The number of hydrogen-bond donors (Lipinski definition) is 2. The van der Waals surface area contributed by atoms with Crippen molar-refractivity contribution < 1.29 is 33.0 Å². The number of carbonyl (C=O) groups excluding carboxylic acids is 1. The second-order valence-electron chi connectivity index (χ2n) is 8.07. The van der Waals surface area contributed by atoms with E-state index in [1.54, 1.807) is 23.4 Å². The minimum Gasteiger partial charge on any atom is -0.480 e. The Hall–Kier alpha value is -2.93. The molecule has 2 aromatic rings. The number of aliphatic carboxylic acids is 1. The van der Waals surface area contributed by atoms with Crippen molar-refractivity contribution in [1.29, 1.82) is 0 Å². The number of carbonyl (C=O) groups is 2. The summed E-state index contributed by atoms with van der Waals surface area (Å²) in [6.45, 7) is 1.32.